The lowest BCUT2D eigenvalue weighted by Gasteiger charge is -2.16. The van der Waals surface area contributed by atoms with Crippen molar-refractivity contribution < 1.29 is 14.7 Å². The van der Waals surface area contributed by atoms with Gasteiger partial charge >= 0.3 is 5.97 Å². The lowest BCUT2D eigenvalue weighted by molar-refractivity contribution is -0.137. The van der Waals surface area contributed by atoms with Crippen LogP contribution in [0.4, 0.5) is 0 Å². The van der Waals surface area contributed by atoms with E-state index in [4.69, 9.17) is 11.5 Å². The molecule has 2 aromatic rings. The fourth-order valence-corrected chi connectivity index (χ4v) is 3.47. The first-order valence-electron chi connectivity index (χ1n) is 5.97. The topological polar surface area (TPSA) is 70.5 Å². The highest BCUT2D eigenvalue weighted by Crippen LogP contribution is 2.30. The Morgan fingerprint density at radius 3 is 2.86 bits per heavy atom. The van der Waals surface area contributed by atoms with Crippen LogP contribution in [0.5, 0.6) is 0 Å². The van der Waals surface area contributed by atoms with E-state index in [1.807, 2.05) is 16.8 Å². The van der Waals surface area contributed by atoms with E-state index in [0.29, 0.717) is 10.6 Å². The highest BCUT2D eigenvalue weighted by atomic mass is 32.1. The zero-order valence-electron chi connectivity index (χ0n) is 11.2. The molecule has 5 nitrogen and oxygen atoms in total. The van der Waals surface area contributed by atoms with Gasteiger partial charge < -0.3 is 10.0 Å². The first-order valence-corrected chi connectivity index (χ1v) is 7.73. The van der Waals surface area contributed by atoms with E-state index < -0.39 is 18.4 Å². The van der Waals surface area contributed by atoms with Crippen LogP contribution in [0.15, 0.2) is 16.8 Å². The van der Waals surface area contributed by atoms with Crippen molar-refractivity contribution in [2.45, 2.75) is 6.92 Å². The molecule has 2 heterocycles. The monoisotopic (exact) mass is 320 g/mol. The van der Waals surface area contributed by atoms with E-state index in [2.05, 4.69) is 10.9 Å². The van der Waals surface area contributed by atoms with Crippen LogP contribution >= 0.6 is 22.7 Å². The lowest BCUT2D eigenvalue weighted by atomic mass is 10.3. The van der Waals surface area contributed by atoms with Gasteiger partial charge in [-0.3, -0.25) is 9.59 Å². The van der Waals surface area contributed by atoms with Crippen LogP contribution in [-0.4, -0.2) is 40.0 Å². The first kappa shape index (κ1) is 15.2. The number of terminal acetylenes is 1. The molecule has 0 aromatic carbocycles. The first-order chi connectivity index (χ1) is 10.0. The van der Waals surface area contributed by atoms with Crippen molar-refractivity contribution in [3.8, 4) is 22.9 Å². The van der Waals surface area contributed by atoms with Crippen LogP contribution < -0.4 is 0 Å². The molecule has 21 heavy (non-hydrogen) atoms. The van der Waals surface area contributed by atoms with Gasteiger partial charge in [0.05, 0.1) is 12.2 Å². The molecule has 108 valence electrons. The number of aromatic nitrogens is 1. The van der Waals surface area contributed by atoms with Gasteiger partial charge in [0.15, 0.2) is 0 Å². The third-order valence-corrected chi connectivity index (χ3v) is 4.53. The maximum Gasteiger partial charge on any atom is 0.323 e. The normalized spacial score (nSPS) is 10.1. The van der Waals surface area contributed by atoms with Crippen LogP contribution in [0, 0.1) is 19.3 Å². The Hall–Kier alpha value is -2.17. The van der Waals surface area contributed by atoms with E-state index in [1.54, 1.807) is 18.3 Å². The summed E-state index contributed by atoms with van der Waals surface area (Å²) in [5.41, 5.74) is 1.53. The van der Waals surface area contributed by atoms with Gasteiger partial charge in [-0.1, -0.05) is 5.92 Å². The summed E-state index contributed by atoms with van der Waals surface area (Å²) < 4.78 is 0. The Labute approximate surface area is 129 Å². The molecule has 0 bridgehead atoms. The Kier molecular flexibility index (Phi) is 4.73. The second-order valence-corrected chi connectivity index (χ2v) is 5.98. The molecule has 1 amide bonds. The maximum absolute atomic E-state index is 12.4. The van der Waals surface area contributed by atoms with Gasteiger partial charge in [0.2, 0.25) is 0 Å². The van der Waals surface area contributed by atoms with Gasteiger partial charge in [-0.05, 0) is 18.4 Å². The number of thiazole rings is 1. The molecule has 0 spiro atoms. The number of hydrogen-bond acceptors (Lipinski definition) is 5. The molecule has 0 fully saturated rings. The maximum atomic E-state index is 12.4. The van der Waals surface area contributed by atoms with E-state index in [-0.39, 0.29) is 6.54 Å². The standard InChI is InChI=1S/C14H12N2O3S2/c1-3-5-16(7-11(17)18)14(19)12-9(2)15-13(21-12)10-4-6-20-8-10/h1,4,6,8H,5,7H2,2H3,(H,17,18). The van der Waals surface area contributed by atoms with Gasteiger partial charge in [0, 0.05) is 10.9 Å². The largest absolute Gasteiger partial charge is 0.480 e. The van der Waals surface area contributed by atoms with Crippen LogP contribution in [0.25, 0.3) is 10.6 Å². The average Bonchev–Trinajstić information content (AvgIpc) is 3.05. The van der Waals surface area contributed by atoms with Crippen molar-refractivity contribution >= 4 is 34.6 Å². The average molecular weight is 320 g/mol. The number of thiophene rings is 1. The van der Waals surface area contributed by atoms with E-state index in [0.717, 1.165) is 15.5 Å². The molecule has 0 saturated heterocycles. The molecule has 2 rings (SSSR count). The Bertz CT molecular complexity index is 698. The van der Waals surface area contributed by atoms with E-state index >= 15 is 0 Å². The Morgan fingerprint density at radius 2 is 2.29 bits per heavy atom. The molecule has 0 aliphatic rings. The van der Waals surface area contributed by atoms with E-state index in [9.17, 15) is 9.59 Å². The summed E-state index contributed by atoms with van der Waals surface area (Å²) in [5.74, 6) is 0.811. The Morgan fingerprint density at radius 1 is 1.52 bits per heavy atom. The number of nitrogens with zero attached hydrogens (tertiary/aromatic N) is 2. The minimum atomic E-state index is -1.10. The predicted molar refractivity (Wildman–Crippen MR) is 82.5 cm³/mol. The molecular weight excluding hydrogens is 308 g/mol. The summed E-state index contributed by atoms with van der Waals surface area (Å²) in [7, 11) is 0. The van der Waals surface area contributed by atoms with Gasteiger partial charge in [-0.15, -0.1) is 17.8 Å². The Balaban J connectivity index is 2.30. The van der Waals surface area contributed by atoms with Crippen molar-refractivity contribution in [1.82, 2.24) is 9.88 Å². The summed E-state index contributed by atoms with van der Waals surface area (Å²) >= 11 is 2.80. The zero-order chi connectivity index (χ0) is 15.4. The van der Waals surface area contributed by atoms with Crippen LogP contribution in [0.1, 0.15) is 15.4 Å². The SMILES string of the molecule is C#CCN(CC(=O)O)C(=O)c1sc(-c2ccsc2)nc1C. The van der Waals surface area contributed by atoms with Gasteiger partial charge in [0.25, 0.3) is 5.91 Å². The third-order valence-electron chi connectivity index (χ3n) is 2.65. The molecule has 0 aliphatic heterocycles. The summed E-state index contributed by atoms with van der Waals surface area (Å²) in [6.07, 6.45) is 5.19. The summed E-state index contributed by atoms with van der Waals surface area (Å²) in [6.45, 7) is 1.26. The molecule has 1 N–H and O–H groups in total. The highest BCUT2D eigenvalue weighted by molar-refractivity contribution is 7.17. The van der Waals surface area contributed by atoms with Crippen molar-refractivity contribution in [3.63, 3.8) is 0 Å². The number of aliphatic carboxylic acids is 1. The molecule has 7 heteroatoms. The molecule has 0 saturated carbocycles. The molecule has 2 aromatic heterocycles. The number of aryl methyl sites for hydroxylation is 1. The second-order valence-electron chi connectivity index (χ2n) is 4.20. The number of hydrogen-bond donors (Lipinski definition) is 1. The number of carboxylic acid groups (broad SMARTS) is 1. The number of rotatable bonds is 5. The summed E-state index contributed by atoms with van der Waals surface area (Å²) in [5, 5.41) is 13.5. The fraction of sp³-hybridized carbons (Fsp3) is 0.214. The quantitative estimate of drug-likeness (QED) is 0.859. The molecule has 0 unspecified atom stereocenters. The highest BCUT2D eigenvalue weighted by Gasteiger charge is 2.23. The smallest absolute Gasteiger partial charge is 0.323 e. The number of amides is 1. The van der Waals surface area contributed by atoms with Crippen LogP contribution in [-0.2, 0) is 4.79 Å². The van der Waals surface area contributed by atoms with Crippen molar-refractivity contribution in [2.24, 2.45) is 0 Å². The predicted octanol–water partition coefficient (Wildman–Crippen LogP) is 2.34. The molecule has 0 atom stereocenters. The summed E-state index contributed by atoms with van der Waals surface area (Å²) in [6, 6.07) is 1.92. The van der Waals surface area contributed by atoms with Crippen molar-refractivity contribution in [3.05, 3.63) is 27.4 Å². The minimum absolute atomic E-state index is 0.0454. The van der Waals surface area contributed by atoms with Gasteiger partial charge in [-0.2, -0.15) is 11.3 Å². The lowest BCUT2D eigenvalue weighted by Crippen LogP contribution is -2.35. The van der Waals surface area contributed by atoms with Crippen molar-refractivity contribution in [1.29, 1.82) is 0 Å². The number of carbonyl (C=O) groups is 2. The van der Waals surface area contributed by atoms with Gasteiger partial charge in [0.1, 0.15) is 16.4 Å². The minimum Gasteiger partial charge on any atom is -0.480 e. The molecular formula is C14H12N2O3S2. The van der Waals surface area contributed by atoms with Crippen LogP contribution in [0.2, 0.25) is 0 Å². The summed E-state index contributed by atoms with van der Waals surface area (Å²) in [4.78, 5) is 29.2. The number of carbonyl (C=O) groups excluding carboxylic acids is 1. The molecule has 0 radical (unpaired) electrons. The number of carboxylic acids is 1. The second kappa shape index (κ2) is 6.52. The van der Waals surface area contributed by atoms with Gasteiger partial charge in [-0.25, -0.2) is 4.98 Å². The third kappa shape index (κ3) is 3.48. The van der Waals surface area contributed by atoms with E-state index in [1.165, 1.54) is 11.3 Å². The molecule has 0 aliphatic carbocycles. The zero-order valence-corrected chi connectivity index (χ0v) is 12.8. The fourth-order valence-electron chi connectivity index (χ4n) is 1.72. The van der Waals surface area contributed by atoms with Crippen LogP contribution in [0.3, 0.4) is 0 Å². The van der Waals surface area contributed by atoms with Crippen molar-refractivity contribution in [2.75, 3.05) is 13.1 Å².